The molecule has 0 spiro atoms. The Morgan fingerprint density at radius 1 is 1.56 bits per heavy atom. The lowest BCUT2D eigenvalue weighted by atomic mass is 10.1. The van der Waals surface area contributed by atoms with E-state index < -0.39 is 0 Å². The second kappa shape index (κ2) is 4.73. The number of hydrogen-bond acceptors (Lipinski definition) is 5. The number of aryl methyl sites for hydroxylation is 2. The summed E-state index contributed by atoms with van der Waals surface area (Å²) in [6, 6.07) is 4.30. The molecule has 0 fully saturated rings. The number of rotatable bonds is 4. The first-order valence-electron chi connectivity index (χ1n) is 5.06. The molecule has 16 heavy (non-hydrogen) atoms. The van der Waals surface area contributed by atoms with Crippen LogP contribution in [0.3, 0.4) is 0 Å². The minimum Gasteiger partial charge on any atom is -0.271 e. The number of hydrogen-bond donors (Lipinski definition) is 2. The Kier molecular flexibility index (Phi) is 3.33. The zero-order valence-corrected chi connectivity index (χ0v) is 10.2. The molecular weight excluding hydrogens is 222 g/mol. The van der Waals surface area contributed by atoms with Crippen molar-refractivity contribution in [2.24, 2.45) is 12.9 Å². The molecule has 0 saturated carbocycles. The summed E-state index contributed by atoms with van der Waals surface area (Å²) >= 11 is 1.75. The Balaban J connectivity index is 2.15. The molecule has 2 aromatic heterocycles. The highest BCUT2D eigenvalue weighted by Crippen LogP contribution is 2.24. The first-order chi connectivity index (χ1) is 7.70. The van der Waals surface area contributed by atoms with E-state index in [1.54, 1.807) is 22.3 Å². The van der Waals surface area contributed by atoms with Crippen molar-refractivity contribution in [1.82, 2.24) is 20.2 Å². The van der Waals surface area contributed by atoms with E-state index in [1.807, 2.05) is 7.05 Å². The standard InChI is InChI=1S/C10H15N5S/c1-7-3-4-9(16-7)8(14-11)5-10-12-6-13-15(10)2/h3-4,6,8,14H,5,11H2,1-2H3. The summed E-state index contributed by atoms with van der Waals surface area (Å²) in [6.45, 7) is 2.09. The summed E-state index contributed by atoms with van der Waals surface area (Å²) in [6.07, 6.45) is 2.30. The minimum atomic E-state index is 0.0987. The van der Waals surface area contributed by atoms with Crippen molar-refractivity contribution in [3.05, 3.63) is 34.0 Å². The van der Waals surface area contributed by atoms with E-state index in [4.69, 9.17) is 5.84 Å². The topological polar surface area (TPSA) is 68.8 Å². The molecule has 0 aliphatic heterocycles. The lowest BCUT2D eigenvalue weighted by molar-refractivity contribution is 0.530. The van der Waals surface area contributed by atoms with Gasteiger partial charge in [0.2, 0.25) is 0 Å². The van der Waals surface area contributed by atoms with Gasteiger partial charge in [0, 0.05) is 23.2 Å². The van der Waals surface area contributed by atoms with E-state index in [2.05, 4.69) is 34.6 Å². The number of nitrogens with zero attached hydrogens (tertiary/aromatic N) is 3. The molecule has 0 saturated heterocycles. The van der Waals surface area contributed by atoms with Crippen LogP contribution < -0.4 is 11.3 Å². The average Bonchev–Trinajstić information content (AvgIpc) is 2.85. The highest BCUT2D eigenvalue weighted by atomic mass is 32.1. The summed E-state index contributed by atoms with van der Waals surface area (Å²) < 4.78 is 1.77. The van der Waals surface area contributed by atoms with Crippen LogP contribution >= 0.6 is 11.3 Å². The van der Waals surface area contributed by atoms with Gasteiger partial charge >= 0.3 is 0 Å². The van der Waals surface area contributed by atoms with Crippen LogP contribution in [0.2, 0.25) is 0 Å². The normalized spacial score (nSPS) is 12.9. The summed E-state index contributed by atoms with van der Waals surface area (Å²) in [5, 5.41) is 4.04. The molecule has 5 nitrogen and oxygen atoms in total. The molecule has 0 aliphatic carbocycles. The van der Waals surface area contributed by atoms with Gasteiger partial charge in [-0.1, -0.05) is 0 Å². The summed E-state index contributed by atoms with van der Waals surface area (Å²) in [7, 11) is 1.88. The van der Waals surface area contributed by atoms with E-state index in [0.717, 1.165) is 12.2 Å². The monoisotopic (exact) mass is 237 g/mol. The number of nitrogens with one attached hydrogen (secondary N) is 1. The molecule has 3 N–H and O–H groups in total. The first kappa shape index (κ1) is 11.3. The maximum absolute atomic E-state index is 5.58. The molecule has 1 unspecified atom stereocenters. The largest absolute Gasteiger partial charge is 0.271 e. The highest BCUT2D eigenvalue weighted by molar-refractivity contribution is 7.12. The van der Waals surface area contributed by atoms with Crippen LogP contribution in [0.1, 0.15) is 21.6 Å². The fourth-order valence-corrected chi connectivity index (χ4v) is 2.51. The van der Waals surface area contributed by atoms with Gasteiger partial charge in [-0.2, -0.15) is 5.10 Å². The lowest BCUT2D eigenvalue weighted by Gasteiger charge is -2.13. The van der Waals surface area contributed by atoms with E-state index in [1.165, 1.54) is 9.75 Å². The molecule has 0 amide bonds. The van der Waals surface area contributed by atoms with Gasteiger partial charge in [-0.05, 0) is 19.1 Å². The molecule has 0 aliphatic rings. The van der Waals surface area contributed by atoms with Crippen molar-refractivity contribution in [2.45, 2.75) is 19.4 Å². The van der Waals surface area contributed by atoms with Crippen molar-refractivity contribution in [3.8, 4) is 0 Å². The first-order valence-corrected chi connectivity index (χ1v) is 5.87. The Labute approximate surface area is 98.3 Å². The second-order valence-corrected chi connectivity index (χ2v) is 4.99. The van der Waals surface area contributed by atoms with Gasteiger partial charge in [0.05, 0.1) is 6.04 Å². The van der Waals surface area contributed by atoms with Crippen LogP contribution in [0.15, 0.2) is 18.5 Å². The van der Waals surface area contributed by atoms with Gasteiger partial charge in [-0.15, -0.1) is 11.3 Å². The third kappa shape index (κ3) is 2.29. The summed E-state index contributed by atoms with van der Waals surface area (Å²) in [4.78, 5) is 6.71. The SMILES string of the molecule is Cc1ccc(C(Cc2ncnn2C)NN)s1. The van der Waals surface area contributed by atoms with E-state index in [-0.39, 0.29) is 6.04 Å². The summed E-state index contributed by atoms with van der Waals surface area (Å²) in [5.74, 6) is 6.50. The Morgan fingerprint density at radius 3 is 2.88 bits per heavy atom. The molecule has 2 aromatic rings. The molecule has 0 aromatic carbocycles. The zero-order chi connectivity index (χ0) is 11.5. The minimum absolute atomic E-state index is 0.0987. The van der Waals surface area contributed by atoms with Gasteiger partial charge in [0.15, 0.2) is 0 Å². The van der Waals surface area contributed by atoms with Gasteiger partial charge in [0.1, 0.15) is 12.2 Å². The lowest BCUT2D eigenvalue weighted by Crippen LogP contribution is -2.29. The average molecular weight is 237 g/mol. The maximum Gasteiger partial charge on any atom is 0.138 e. The zero-order valence-electron chi connectivity index (χ0n) is 9.34. The molecule has 2 heterocycles. The number of aromatic nitrogens is 3. The third-order valence-electron chi connectivity index (χ3n) is 2.50. The van der Waals surface area contributed by atoms with Crippen LogP contribution in [-0.4, -0.2) is 14.8 Å². The van der Waals surface area contributed by atoms with Crippen molar-refractivity contribution in [1.29, 1.82) is 0 Å². The predicted molar refractivity (Wildman–Crippen MR) is 63.8 cm³/mol. The second-order valence-electron chi connectivity index (χ2n) is 3.67. The maximum atomic E-state index is 5.58. The fourth-order valence-electron chi connectivity index (χ4n) is 1.57. The summed E-state index contributed by atoms with van der Waals surface area (Å²) in [5.41, 5.74) is 2.83. The van der Waals surface area contributed by atoms with Crippen LogP contribution in [0, 0.1) is 6.92 Å². The van der Waals surface area contributed by atoms with E-state index in [0.29, 0.717) is 0 Å². The highest BCUT2D eigenvalue weighted by Gasteiger charge is 2.15. The molecule has 1 atom stereocenters. The molecule has 2 rings (SSSR count). The van der Waals surface area contributed by atoms with Gasteiger partial charge in [-0.25, -0.2) is 4.98 Å². The number of hydrazine groups is 1. The molecule has 0 radical (unpaired) electrons. The van der Waals surface area contributed by atoms with Crippen molar-refractivity contribution >= 4 is 11.3 Å². The van der Waals surface area contributed by atoms with E-state index >= 15 is 0 Å². The third-order valence-corrected chi connectivity index (χ3v) is 3.61. The van der Waals surface area contributed by atoms with Gasteiger partial charge in [0.25, 0.3) is 0 Å². The van der Waals surface area contributed by atoms with Crippen molar-refractivity contribution < 1.29 is 0 Å². The Morgan fingerprint density at radius 2 is 2.38 bits per heavy atom. The van der Waals surface area contributed by atoms with Crippen LogP contribution in [0.25, 0.3) is 0 Å². The number of thiophene rings is 1. The fraction of sp³-hybridized carbons (Fsp3) is 0.400. The Hall–Kier alpha value is -1.24. The predicted octanol–water partition coefficient (Wildman–Crippen LogP) is 0.932. The van der Waals surface area contributed by atoms with Crippen LogP contribution in [-0.2, 0) is 13.5 Å². The molecular formula is C10H15N5S. The Bertz CT molecular complexity index is 461. The smallest absolute Gasteiger partial charge is 0.138 e. The van der Waals surface area contributed by atoms with Crippen LogP contribution in [0.4, 0.5) is 0 Å². The van der Waals surface area contributed by atoms with Crippen molar-refractivity contribution in [3.63, 3.8) is 0 Å². The van der Waals surface area contributed by atoms with Gasteiger partial charge < -0.3 is 0 Å². The molecule has 0 bridgehead atoms. The number of nitrogens with two attached hydrogens (primary N) is 1. The quantitative estimate of drug-likeness (QED) is 0.613. The van der Waals surface area contributed by atoms with E-state index in [9.17, 15) is 0 Å². The molecule has 6 heteroatoms. The van der Waals surface area contributed by atoms with Crippen LogP contribution in [0.5, 0.6) is 0 Å². The molecule has 86 valence electrons. The van der Waals surface area contributed by atoms with Gasteiger partial charge in [-0.3, -0.25) is 16.0 Å². The van der Waals surface area contributed by atoms with Crippen molar-refractivity contribution in [2.75, 3.05) is 0 Å².